The Balaban J connectivity index is 1.47. The fourth-order valence-corrected chi connectivity index (χ4v) is 3.68. The highest BCUT2D eigenvalue weighted by atomic mass is 32.1. The molecule has 2 aromatic rings. The van der Waals surface area contributed by atoms with Crippen LogP contribution in [0.4, 0.5) is 4.79 Å². The largest absolute Gasteiger partial charge is 0.450 e. The van der Waals surface area contributed by atoms with Crippen molar-refractivity contribution in [3.05, 3.63) is 40.7 Å². The number of nitrogens with one attached hydrogen (secondary N) is 1. The van der Waals surface area contributed by atoms with Crippen LogP contribution < -0.4 is 11.1 Å². The van der Waals surface area contributed by atoms with Crippen molar-refractivity contribution in [3.8, 4) is 11.3 Å². The molecule has 0 unspecified atom stereocenters. The Morgan fingerprint density at radius 3 is 2.81 bits per heavy atom. The van der Waals surface area contributed by atoms with E-state index in [1.54, 1.807) is 16.2 Å². The van der Waals surface area contributed by atoms with E-state index in [1.165, 1.54) is 0 Å². The second-order valence-corrected chi connectivity index (χ2v) is 7.24. The number of hydrogen-bond donors (Lipinski definition) is 2. The van der Waals surface area contributed by atoms with E-state index in [2.05, 4.69) is 15.3 Å². The molecule has 1 aromatic carbocycles. The summed E-state index contributed by atoms with van der Waals surface area (Å²) in [5.41, 5.74) is 8.09. The van der Waals surface area contributed by atoms with Crippen LogP contribution in [0.1, 0.15) is 24.8 Å². The van der Waals surface area contributed by atoms with E-state index < -0.39 is 0 Å². The number of benzene rings is 1. The van der Waals surface area contributed by atoms with Crippen molar-refractivity contribution in [2.75, 3.05) is 19.7 Å². The minimum absolute atomic E-state index is 0.218. The Labute approximate surface area is 163 Å². The zero-order valence-corrected chi connectivity index (χ0v) is 16.2. The van der Waals surface area contributed by atoms with Gasteiger partial charge in [-0.25, -0.2) is 14.8 Å². The summed E-state index contributed by atoms with van der Waals surface area (Å²) in [7, 11) is 0. The zero-order valence-electron chi connectivity index (χ0n) is 15.4. The van der Waals surface area contributed by atoms with Gasteiger partial charge in [-0.1, -0.05) is 30.3 Å². The number of aliphatic imine (C=N–C) groups is 1. The first-order chi connectivity index (χ1) is 13.2. The summed E-state index contributed by atoms with van der Waals surface area (Å²) in [5, 5.41) is 6.21. The van der Waals surface area contributed by atoms with Gasteiger partial charge in [0.25, 0.3) is 0 Å². The molecule has 0 radical (unpaired) electrons. The van der Waals surface area contributed by atoms with Crippen molar-refractivity contribution >= 4 is 23.4 Å². The molecule has 3 rings (SSSR count). The van der Waals surface area contributed by atoms with Crippen molar-refractivity contribution in [3.63, 3.8) is 0 Å². The Bertz CT molecular complexity index is 769. The lowest BCUT2D eigenvalue weighted by molar-refractivity contribution is 0.0963. The average Bonchev–Trinajstić information content (AvgIpc) is 3.17. The maximum atomic E-state index is 11.7. The Morgan fingerprint density at radius 1 is 1.37 bits per heavy atom. The van der Waals surface area contributed by atoms with E-state index in [4.69, 9.17) is 10.5 Å². The van der Waals surface area contributed by atoms with Crippen molar-refractivity contribution in [2.24, 2.45) is 10.7 Å². The molecular formula is C19H25N5O2S. The van der Waals surface area contributed by atoms with Crippen LogP contribution in [0.3, 0.4) is 0 Å². The first-order valence-electron chi connectivity index (χ1n) is 9.13. The van der Waals surface area contributed by atoms with Crippen LogP contribution in [0.15, 0.2) is 40.7 Å². The number of carbonyl (C=O) groups is 1. The third-order valence-electron chi connectivity index (χ3n) is 4.38. The molecule has 1 aliphatic rings. The first kappa shape index (κ1) is 19.2. The van der Waals surface area contributed by atoms with Crippen LogP contribution >= 0.6 is 11.3 Å². The molecule has 0 saturated carbocycles. The second-order valence-electron chi connectivity index (χ2n) is 6.30. The molecule has 8 heteroatoms. The van der Waals surface area contributed by atoms with Gasteiger partial charge in [0.15, 0.2) is 5.96 Å². The monoisotopic (exact) mass is 387 g/mol. The van der Waals surface area contributed by atoms with Crippen LogP contribution in [0.5, 0.6) is 0 Å². The average molecular weight is 388 g/mol. The molecule has 27 heavy (non-hydrogen) atoms. The lowest BCUT2D eigenvalue weighted by atomic mass is 10.1. The third-order valence-corrected chi connectivity index (χ3v) is 5.21. The number of rotatable bonds is 5. The van der Waals surface area contributed by atoms with E-state index in [9.17, 15) is 4.79 Å². The lowest BCUT2D eigenvalue weighted by Crippen LogP contribution is -2.48. The normalized spacial score (nSPS) is 15.6. The summed E-state index contributed by atoms with van der Waals surface area (Å²) in [6.45, 7) is 4.00. The van der Waals surface area contributed by atoms with Gasteiger partial charge in [-0.15, -0.1) is 11.3 Å². The van der Waals surface area contributed by atoms with Gasteiger partial charge in [0.1, 0.15) is 5.01 Å². The quantitative estimate of drug-likeness (QED) is 0.608. The minimum atomic E-state index is -0.240. The molecule has 1 saturated heterocycles. The molecule has 1 amide bonds. The molecule has 7 nitrogen and oxygen atoms in total. The van der Waals surface area contributed by atoms with Crippen molar-refractivity contribution in [2.45, 2.75) is 32.4 Å². The van der Waals surface area contributed by atoms with Crippen molar-refractivity contribution < 1.29 is 9.53 Å². The minimum Gasteiger partial charge on any atom is -0.450 e. The number of amides is 1. The molecule has 0 atom stereocenters. The maximum absolute atomic E-state index is 11.7. The smallest absolute Gasteiger partial charge is 0.409 e. The molecular weight excluding hydrogens is 362 g/mol. The molecule has 1 fully saturated rings. The van der Waals surface area contributed by atoms with Gasteiger partial charge in [-0.3, -0.25) is 0 Å². The van der Waals surface area contributed by atoms with Gasteiger partial charge in [-0.2, -0.15) is 0 Å². The highest BCUT2D eigenvalue weighted by Gasteiger charge is 2.23. The fraction of sp³-hybridized carbons (Fsp3) is 0.421. The van der Waals surface area contributed by atoms with Crippen LogP contribution in [0, 0.1) is 0 Å². The van der Waals surface area contributed by atoms with E-state index in [-0.39, 0.29) is 12.1 Å². The van der Waals surface area contributed by atoms with Gasteiger partial charge in [-0.05, 0) is 19.8 Å². The summed E-state index contributed by atoms with van der Waals surface area (Å²) >= 11 is 1.58. The highest BCUT2D eigenvalue weighted by molar-refractivity contribution is 7.09. The first-order valence-corrected chi connectivity index (χ1v) is 10.0. The van der Waals surface area contributed by atoms with E-state index in [0.29, 0.717) is 32.2 Å². The molecule has 0 bridgehead atoms. The van der Waals surface area contributed by atoms with Crippen LogP contribution in [0.2, 0.25) is 0 Å². The van der Waals surface area contributed by atoms with Gasteiger partial charge < -0.3 is 20.7 Å². The zero-order chi connectivity index (χ0) is 19.1. The Hall–Kier alpha value is -2.61. The Morgan fingerprint density at radius 2 is 2.11 bits per heavy atom. The lowest BCUT2D eigenvalue weighted by Gasteiger charge is -2.31. The number of piperidine rings is 1. The number of carbonyl (C=O) groups excluding carboxylic acids is 1. The van der Waals surface area contributed by atoms with Gasteiger partial charge in [0.2, 0.25) is 0 Å². The fourth-order valence-electron chi connectivity index (χ4n) is 2.95. The number of guanidine groups is 1. The third kappa shape index (κ3) is 5.43. The van der Waals surface area contributed by atoms with Gasteiger partial charge >= 0.3 is 6.09 Å². The van der Waals surface area contributed by atoms with Crippen LogP contribution in [-0.4, -0.2) is 47.7 Å². The molecule has 2 heterocycles. The van der Waals surface area contributed by atoms with E-state index >= 15 is 0 Å². The number of ether oxygens (including phenoxy) is 1. The summed E-state index contributed by atoms with van der Waals surface area (Å²) in [6, 6.07) is 10.3. The van der Waals surface area contributed by atoms with Gasteiger partial charge in [0.05, 0.1) is 18.8 Å². The highest BCUT2D eigenvalue weighted by Crippen LogP contribution is 2.21. The topological polar surface area (TPSA) is 92.8 Å². The van der Waals surface area contributed by atoms with Crippen LogP contribution in [-0.2, 0) is 11.3 Å². The maximum Gasteiger partial charge on any atom is 0.409 e. The summed E-state index contributed by atoms with van der Waals surface area (Å²) in [6.07, 6.45) is 1.41. The predicted molar refractivity (Wildman–Crippen MR) is 108 cm³/mol. The molecule has 1 aliphatic heterocycles. The number of nitrogens with zero attached hydrogens (tertiary/aromatic N) is 3. The molecule has 3 N–H and O–H groups in total. The molecule has 144 valence electrons. The Kier molecular flexibility index (Phi) is 6.64. The molecule has 0 spiro atoms. The summed E-state index contributed by atoms with van der Waals surface area (Å²) in [4.78, 5) is 22.5. The second kappa shape index (κ2) is 9.36. The number of likely N-dealkylation sites (tertiary alicyclic amines) is 1. The van der Waals surface area contributed by atoms with E-state index in [1.807, 2.05) is 42.6 Å². The number of aromatic nitrogens is 1. The van der Waals surface area contributed by atoms with Crippen LogP contribution in [0.25, 0.3) is 11.3 Å². The van der Waals surface area contributed by atoms with Crippen molar-refractivity contribution in [1.29, 1.82) is 0 Å². The summed E-state index contributed by atoms with van der Waals surface area (Å²) in [5.74, 6) is 0.418. The van der Waals surface area contributed by atoms with Crippen molar-refractivity contribution in [1.82, 2.24) is 15.2 Å². The molecule has 1 aromatic heterocycles. The predicted octanol–water partition coefficient (Wildman–Crippen LogP) is 2.84. The number of hydrogen-bond acceptors (Lipinski definition) is 5. The number of thiazole rings is 1. The van der Waals surface area contributed by atoms with Gasteiger partial charge in [0, 0.05) is 30.1 Å². The van der Waals surface area contributed by atoms with E-state index in [0.717, 1.165) is 29.1 Å². The number of nitrogens with two attached hydrogens (primary N) is 1. The standard InChI is InChI=1S/C19H25N5O2S/c1-2-26-19(25)24-10-8-15(9-11-24)22-18(20)21-12-17-23-16(13-27-17)14-6-4-3-5-7-14/h3-7,13,15H,2,8-12H2,1H3,(H3,20,21,22). The molecule has 0 aliphatic carbocycles. The SMILES string of the molecule is CCOC(=O)N1CCC(NC(N)=NCc2nc(-c3ccccc3)cs2)CC1. The summed E-state index contributed by atoms with van der Waals surface area (Å²) < 4.78 is 5.03.